The van der Waals surface area contributed by atoms with Gasteiger partial charge in [-0.3, -0.25) is 4.90 Å². The maximum Gasteiger partial charge on any atom is 0.0991 e. The minimum Gasteiger partial charge on any atom is -0.357 e. The van der Waals surface area contributed by atoms with Gasteiger partial charge in [0, 0.05) is 29.7 Å². The molecular weight excluding hydrogens is 368 g/mol. The van der Waals surface area contributed by atoms with Crippen LogP contribution in [0.25, 0.3) is 10.9 Å². The van der Waals surface area contributed by atoms with Crippen LogP contribution in [0.15, 0.2) is 72.8 Å². The first-order valence-corrected chi connectivity index (χ1v) is 10.1. The Kier molecular flexibility index (Phi) is 4.56. The molecule has 1 aromatic heterocycles. The Balaban J connectivity index is 1.60. The second kappa shape index (κ2) is 7.52. The minimum atomic E-state index is 0.0691. The number of aromatic amines is 1. The molecule has 1 N–H and O–H groups in total. The molecule has 0 amide bonds. The van der Waals surface area contributed by atoms with Crippen molar-refractivity contribution in [1.29, 1.82) is 10.5 Å². The van der Waals surface area contributed by atoms with Gasteiger partial charge in [0.2, 0.25) is 0 Å². The molecule has 2 heterocycles. The van der Waals surface area contributed by atoms with E-state index in [1.54, 1.807) is 0 Å². The van der Waals surface area contributed by atoms with Crippen LogP contribution in [-0.2, 0) is 13.0 Å². The Hall–Kier alpha value is -3.86. The van der Waals surface area contributed by atoms with E-state index in [0.717, 1.165) is 36.2 Å². The van der Waals surface area contributed by atoms with Crippen molar-refractivity contribution in [2.45, 2.75) is 19.0 Å². The van der Waals surface area contributed by atoms with E-state index in [9.17, 15) is 10.5 Å². The molecule has 1 aliphatic rings. The normalized spacial score (nSPS) is 16.0. The van der Waals surface area contributed by atoms with Gasteiger partial charge >= 0.3 is 0 Å². The fraction of sp³-hybridized carbons (Fsp3) is 0.154. The monoisotopic (exact) mass is 388 g/mol. The largest absolute Gasteiger partial charge is 0.357 e. The number of rotatable bonds is 3. The Bertz CT molecular complexity index is 1300. The van der Waals surface area contributed by atoms with Crippen LogP contribution in [0.1, 0.15) is 39.6 Å². The fourth-order valence-corrected chi connectivity index (χ4v) is 4.55. The molecule has 0 saturated carbocycles. The summed E-state index contributed by atoms with van der Waals surface area (Å²) in [5.41, 5.74) is 7.41. The molecule has 4 nitrogen and oxygen atoms in total. The van der Waals surface area contributed by atoms with Gasteiger partial charge in [-0.15, -0.1) is 0 Å². The molecule has 0 bridgehead atoms. The standard InChI is InChI=1S/C26H20N4/c27-15-18-8-10-21(11-9-18)26-25-23(22-6-1-2-7-24(22)29-25)12-13-30(26)17-20-5-3-4-19(14-20)16-28/h1-11,14,26,29H,12-13,17H2. The van der Waals surface area contributed by atoms with Crippen LogP contribution in [0.4, 0.5) is 0 Å². The first-order valence-electron chi connectivity index (χ1n) is 10.1. The zero-order valence-electron chi connectivity index (χ0n) is 16.5. The van der Waals surface area contributed by atoms with Crippen LogP contribution in [0.5, 0.6) is 0 Å². The Morgan fingerprint density at radius 3 is 2.50 bits per heavy atom. The van der Waals surface area contributed by atoms with Gasteiger partial charge < -0.3 is 4.98 Å². The van der Waals surface area contributed by atoms with E-state index in [1.807, 2.05) is 30.3 Å². The van der Waals surface area contributed by atoms with Crippen molar-refractivity contribution in [3.63, 3.8) is 0 Å². The summed E-state index contributed by atoms with van der Waals surface area (Å²) in [7, 11) is 0. The predicted octanol–water partition coefficient (Wildman–Crippen LogP) is 5.06. The van der Waals surface area contributed by atoms with E-state index in [2.05, 4.69) is 64.5 Å². The molecule has 1 aliphatic heterocycles. The number of nitriles is 2. The Labute approximate surface area is 175 Å². The zero-order valence-corrected chi connectivity index (χ0v) is 16.5. The average Bonchev–Trinajstić information content (AvgIpc) is 3.18. The van der Waals surface area contributed by atoms with Crippen molar-refractivity contribution in [3.8, 4) is 12.1 Å². The first-order chi connectivity index (χ1) is 14.8. The summed E-state index contributed by atoms with van der Waals surface area (Å²) >= 11 is 0. The predicted molar refractivity (Wildman–Crippen MR) is 117 cm³/mol. The number of aromatic nitrogens is 1. The summed E-state index contributed by atoms with van der Waals surface area (Å²) in [6, 6.07) is 28.7. The maximum atomic E-state index is 9.26. The number of para-hydroxylation sites is 1. The molecule has 3 aromatic carbocycles. The first kappa shape index (κ1) is 18.2. The average molecular weight is 388 g/mol. The van der Waals surface area contributed by atoms with Crippen molar-refractivity contribution in [3.05, 3.63) is 106 Å². The molecule has 0 aliphatic carbocycles. The van der Waals surface area contributed by atoms with Gasteiger partial charge in [-0.2, -0.15) is 10.5 Å². The second-order valence-electron chi connectivity index (χ2n) is 7.73. The molecule has 1 unspecified atom stereocenters. The minimum absolute atomic E-state index is 0.0691. The van der Waals surface area contributed by atoms with E-state index in [0.29, 0.717) is 11.1 Å². The number of nitrogens with zero attached hydrogens (tertiary/aromatic N) is 3. The zero-order chi connectivity index (χ0) is 20.5. The van der Waals surface area contributed by atoms with Crippen LogP contribution in [-0.4, -0.2) is 16.4 Å². The van der Waals surface area contributed by atoms with E-state index in [-0.39, 0.29) is 6.04 Å². The number of H-pyrrole nitrogens is 1. The van der Waals surface area contributed by atoms with Gasteiger partial charge in [-0.05, 0) is 53.4 Å². The molecule has 144 valence electrons. The van der Waals surface area contributed by atoms with Crippen molar-refractivity contribution in [1.82, 2.24) is 9.88 Å². The molecule has 4 heteroatoms. The molecular formula is C26H20N4. The number of fused-ring (bicyclic) bond motifs is 3. The highest BCUT2D eigenvalue weighted by molar-refractivity contribution is 5.85. The molecule has 1 atom stereocenters. The smallest absolute Gasteiger partial charge is 0.0991 e. The summed E-state index contributed by atoms with van der Waals surface area (Å²) in [5, 5.41) is 19.7. The number of nitrogens with one attached hydrogen (secondary N) is 1. The van der Waals surface area contributed by atoms with Crippen molar-refractivity contribution >= 4 is 10.9 Å². The molecule has 5 rings (SSSR count). The van der Waals surface area contributed by atoms with E-state index < -0.39 is 0 Å². The van der Waals surface area contributed by atoms with E-state index in [4.69, 9.17) is 0 Å². The highest BCUT2D eigenvalue weighted by Gasteiger charge is 2.31. The molecule has 30 heavy (non-hydrogen) atoms. The summed E-state index contributed by atoms with van der Waals surface area (Å²) in [6.45, 7) is 1.69. The fourth-order valence-electron chi connectivity index (χ4n) is 4.55. The number of benzene rings is 3. The third-order valence-corrected chi connectivity index (χ3v) is 5.93. The van der Waals surface area contributed by atoms with Gasteiger partial charge in [0.05, 0.1) is 29.3 Å². The van der Waals surface area contributed by atoms with Gasteiger partial charge in [0.1, 0.15) is 0 Å². The van der Waals surface area contributed by atoms with E-state index in [1.165, 1.54) is 16.6 Å². The quantitative estimate of drug-likeness (QED) is 0.533. The highest BCUT2D eigenvalue weighted by Crippen LogP contribution is 2.39. The van der Waals surface area contributed by atoms with Crippen molar-refractivity contribution < 1.29 is 0 Å². The highest BCUT2D eigenvalue weighted by atomic mass is 15.2. The topological polar surface area (TPSA) is 66.6 Å². The third-order valence-electron chi connectivity index (χ3n) is 5.93. The summed E-state index contributed by atoms with van der Waals surface area (Å²) in [5.74, 6) is 0. The van der Waals surface area contributed by atoms with Crippen LogP contribution >= 0.6 is 0 Å². The molecule has 0 spiro atoms. The Morgan fingerprint density at radius 2 is 1.70 bits per heavy atom. The lowest BCUT2D eigenvalue weighted by molar-refractivity contribution is 0.202. The van der Waals surface area contributed by atoms with Gasteiger partial charge in [-0.25, -0.2) is 0 Å². The van der Waals surface area contributed by atoms with Crippen LogP contribution in [0, 0.1) is 22.7 Å². The summed E-state index contributed by atoms with van der Waals surface area (Å²) in [6.07, 6.45) is 0.976. The molecule has 0 fully saturated rings. The van der Waals surface area contributed by atoms with Gasteiger partial charge in [0.25, 0.3) is 0 Å². The lowest BCUT2D eigenvalue weighted by Gasteiger charge is -2.36. The van der Waals surface area contributed by atoms with Crippen molar-refractivity contribution in [2.75, 3.05) is 6.54 Å². The Morgan fingerprint density at radius 1 is 0.900 bits per heavy atom. The van der Waals surface area contributed by atoms with Crippen LogP contribution in [0.3, 0.4) is 0 Å². The van der Waals surface area contributed by atoms with Crippen molar-refractivity contribution in [2.24, 2.45) is 0 Å². The molecule has 4 aromatic rings. The lowest BCUT2D eigenvalue weighted by Crippen LogP contribution is -2.35. The van der Waals surface area contributed by atoms with Crippen LogP contribution < -0.4 is 0 Å². The van der Waals surface area contributed by atoms with Gasteiger partial charge in [-0.1, -0.05) is 42.5 Å². The number of hydrogen-bond donors (Lipinski definition) is 1. The maximum absolute atomic E-state index is 9.26. The van der Waals surface area contributed by atoms with Gasteiger partial charge in [0.15, 0.2) is 0 Å². The molecule has 0 radical (unpaired) electrons. The van der Waals surface area contributed by atoms with E-state index >= 15 is 0 Å². The lowest BCUT2D eigenvalue weighted by atomic mass is 9.91. The second-order valence-corrected chi connectivity index (χ2v) is 7.73. The SMILES string of the molecule is N#Cc1ccc(C2c3[nH]c4ccccc4c3CCN2Cc2cccc(C#N)c2)cc1. The third kappa shape index (κ3) is 3.14. The summed E-state index contributed by atoms with van der Waals surface area (Å²) in [4.78, 5) is 6.13. The number of hydrogen-bond acceptors (Lipinski definition) is 3. The summed E-state index contributed by atoms with van der Waals surface area (Å²) < 4.78 is 0. The van der Waals surface area contributed by atoms with Crippen LogP contribution in [0.2, 0.25) is 0 Å². The molecule has 0 saturated heterocycles.